The Labute approximate surface area is 94.4 Å². The Bertz CT molecular complexity index is 448. The van der Waals surface area contributed by atoms with E-state index in [-0.39, 0.29) is 11.8 Å². The number of hydrogen-bond acceptors (Lipinski definition) is 3. The Balaban J connectivity index is 2.34. The quantitative estimate of drug-likeness (QED) is 0.713. The average molecular weight is 218 g/mol. The van der Waals surface area contributed by atoms with Crippen LogP contribution in [0.1, 0.15) is 34.8 Å². The second-order valence-electron chi connectivity index (χ2n) is 4.08. The third kappa shape index (κ3) is 1.85. The van der Waals surface area contributed by atoms with E-state index >= 15 is 0 Å². The number of carbonyl (C=O) groups is 2. The number of ether oxygens (including phenoxy) is 1. The van der Waals surface area contributed by atoms with Crippen LogP contribution >= 0.6 is 0 Å². The highest BCUT2D eigenvalue weighted by Crippen LogP contribution is 2.22. The topological polar surface area (TPSA) is 43.4 Å². The van der Waals surface area contributed by atoms with Crippen LogP contribution < -0.4 is 0 Å². The first-order chi connectivity index (χ1) is 7.61. The Morgan fingerprint density at radius 2 is 2.25 bits per heavy atom. The number of ketones is 1. The van der Waals surface area contributed by atoms with Gasteiger partial charge in [-0.1, -0.05) is 24.6 Å². The van der Waals surface area contributed by atoms with Crippen molar-refractivity contribution in [3.05, 3.63) is 34.9 Å². The molecule has 1 aromatic carbocycles. The summed E-state index contributed by atoms with van der Waals surface area (Å²) in [7, 11) is 0. The van der Waals surface area contributed by atoms with E-state index in [1.54, 1.807) is 13.0 Å². The monoisotopic (exact) mass is 218 g/mol. The van der Waals surface area contributed by atoms with Gasteiger partial charge in [0.25, 0.3) is 0 Å². The van der Waals surface area contributed by atoms with Crippen LogP contribution in [0.2, 0.25) is 0 Å². The van der Waals surface area contributed by atoms with Gasteiger partial charge in [0, 0.05) is 12.8 Å². The molecule has 16 heavy (non-hydrogen) atoms. The molecule has 0 amide bonds. The molecule has 1 heterocycles. The van der Waals surface area contributed by atoms with Gasteiger partial charge in [-0.25, -0.2) is 4.79 Å². The molecule has 0 radical (unpaired) electrons. The number of hydrogen-bond donors (Lipinski definition) is 0. The van der Waals surface area contributed by atoms with Crippen LogP contribution in [0.4, 0.5) is 0 Å². The van der Waals surface area contributed by atoms with Crippen LogP contribution in [0.15, 0.2) is 18.2 Å². The lowest BCUT2D eigenvalue weighted by Crippen LogP contribution is -2.33. The molecule has 0 aromatic heterocycles. The zero-order valence-electron chi connectivity index (χ0n) is 9.45. The van der Waals surface area contributed by atoms with Crippen LogP contribution in [0.5, 0.6) is 0 Å². The lowest BCUT2D eigenvalue weighted by molar-refractivity contribution is -0.127. The number of aryl methyl sites for hydroxylation is 1. The molecule has 1 atom stereocenters. The number of benzene rings is 1. The van der Waals surface area contributed by atoms with Gasteiger partial charge < -0.3 is 4.74 Å². The fraction of sp³-hybridized carbons (Fsp3) is 0.385. The standard InChI is InChI=1S/C13H14O3/c1-3-11(14)12-7-9-6-8(2)4-5-10(9)13(15)16-12/h4-6,12H,3,7H2,1-2H3. The molecule has 3 heteroatoms. The van der Waals surface area contributed by atoms with Gasteiger partial charge in [-0.15, -0.1) is 0 Å². The molecule has 0 saturated heterocycles. The first-order valence-electron chi connectivity index (χ1n) is 5.45. The molecule has 0 fully saturated rings. The molecule has 3 nitrogen and oxygen atoms in total. The maximum atomic E-state index is 11.7. The molecule has 0 saturated carbocycles. The van der Waals surface area contributed by atoms with E-state index in [0.717, 1.165) is 11.1 Å². The van der Waals surface area contributed by atoms with Crippen molar-refractivity contribution in [2.45, 2.75) is 32.8 Å². The Morgan fingerprint density at radius 3 is 2.94 bits per heavy atom. The molecular weight excluding hydrogens is 204 g/mol. The highest BCUT2D eigenvalue weighted by molar-refractivity contribution is 5.96. The van der Waals surface area contributed by atoms with Gasteiger partial charge in [-0.05, 0) is 18.6 Å². The molecule has 1 aliphatic rings. The van der Waals surface area contributed by atoms with Gasteiger partial charge in [-0.3, -0.25) is 4.79 Å². The molecule has 1 unspecified atom stereocenters. The first kappa shape index (κ1) is 10.9. The highest BCUT2D eigenvalue weighted by atomic mass is 16.5. The summed E-state index contributed by atoms with van der Waals surface area (Å²) in [6, 6.07) is 5.59. The predicted molar refractivity (Wildman–Crippen MR) is 59.4 cm³/mol. The van der Waals surface area contributed by atoms with Crippen molar-refractivity contribution >= 4 is 11.8 Å². The number of esters is 1. The fourth-order valence-electron chi connectivity index (χ4n) is 1.93. The minimum atomic E-state index is -0.591. The predicted octanol–water partition coefficient (Wildman–Crippen LogP) is 2.06. The third-order valence-corrected chi connectivity index (χ3v) is 2.84. The largest absolute Gasteiger partial charge is 0.450 e. The van der Waals surface area contributed by atoms with Gasteiger partial charge >= 0.3 is 5.97 Å². The molecule has 0 N–H and O–H groups in total. The van der Waals surface area contributed by atoms with Crippen molar-refractivity contribution in [3.8, 4) is 0 Å². The Morgan fingerprint density at radius 1 is 1.50 bits per heavy atom. The summed E-state index contributed by atoms with van der Waals surface area (Å²) in [6.07, 6.45) is 0.320. The molecule has 0 bridgehead atoms. The van der Waals surface area contributed by atoms with Gasteiger partial charge in [0.1, 0.15) is 0 Å². The Hall–Kier alpha value is -1.64. The Kier molecular flexibility index (Phi) is 2.77. The minimum Gasteiger partial charge on any atom is -0.450 e. The molecule has 84 valence electrons. The van der Waals surface area contributed by atoms with Crippen LogP contribution in [0.25, 0.3) is 0 Å². The summed E-state index contributed by atoms with van der Waals surface area (Å²) in [5.41, 5.74) is 2.60. The molecule has 1 aliphatic heterocycles. The van der Waals surface area contributed by atoms with Gasteiger partial charge in [0.05, 0.1) is 5.56 Å². The summed E-state index contributed by atoms with van der Waals surface area (Å²) in [6.45, 7) is 3.75. The summed E-state index contributed by atoms with van der Waals surface area (Å²) in [5.74, 6) is -0.395. The van der Waals surface area contributed by atoms with Crippen LogP contribution in [-0.2, 0) is 16.0 Å². The second-order valence-corrected chi connectivity index (χ2v) is 4.08. The lowest BCUT2D eigenvalue weighted by Gasteiger charge is -2.23. The summed E-state index contributed by atoms with van der Waals surface area (Å²) < 4.78 is 5.12. The summed E-state index contributed by atoms with van der Waals surface area (Å²) in [4.78, 5) is 23.2. The fourth-order valence-corrected chi connectivity index (χ4v) is 1.93. The number of Topliss-reactive ketones (excluding diaryl/α,β-unsaturated/α-hetero) is 1. The third-order valence-electron chi connectivity index (χ3n) is 2.84. The van der Waals surface area contributed by atoms with Crippen LogP contribution in [0, 0.1) is 6.92 Å². The van der Waals surface area contributed by atoms with E-state index in [0.29, 0.717) is 18.4 Å². The van der Waals surface area contributed by atoms with Crippen molar-refractivity contribution in [1.29, 1.82) is 0 Å². The van der Waals surface area contributed by atoms with Crippen molar-refractivity contribution in [3.63, 3.8) is 0 Å². The minimum absolute atomic E-state index is 0.0134. The van der Waals surface area contributed by atoms with E-state index in [1.807, 2.05) is 19.1 Å². The normalized spacial score (nSPS) is 18.9. The molecular formula is C13H14O3. The summed E-state index contributed by atoms with van der Waals surface area (Å²) >= 11 is 0. The maximum Gasteiger partial charge on any atom is 0.339 e. The van der Waals surface area contributed by atoms with Gasteiger partial charge in [0.15, 0.2) is 11.9 Å². The van der Waals surface area contributed by atoms with E-state index in [9.17, 15) is 9.59 Å². The SMILES string of the molecule is CCC(=O)C1Cc2cc(C)ccc2C(=O)O1. The van der Waals surface area contributed by atoms with E-state index < -0.39 is 6.10 Å². The molecule has 2 rings (SSSR count). The van der Waals surface area contributed by atoms with Gasteiger partial charge in [-0.2, -0.15) is 0 Å². The second kappa shape index (κ2) is 4.08. The van der Waals surface area contributed by atoms with Gasteiger partial charge in [0.2, 0.25) is 0 Å². The lowest BCUT2D eigenvalue weighted by atomic mass is 9.94. The average Bonchev–Trinajstić information content (AvgIpc) is 2.27. The first-order valence-corrected chi connectivity index (χ1v) is 5.45. The van der Waals surface area contributed by atoms with Crippen molar-refractivity contribution < 1.29 is 14.3 Å². The number of rotatable bonds is 2. The van der Waals surface area contributed by atoms with Crippen molar-refractivity contribution in [1.82, 2.24) is 0 Å². The van der Waals surface area contributed by atoms with Crippen molar-refractivity contribution in [2.75, 3.05) is 0 Å². The van der Waals surface area contributed by atoms with Crippen LogP contribution in [-0.4, -0.2) is 17.9 Å². The summed E-state index contributed by atoms with van der Waals surface area (Å²) in [5, 5.41) is 0. The number of fused-ring (bicyclic) bond motifs is 1. The number of carbonyl (C=O) groups excluding carboxylic acids is 2. The van der Waals surface area contributed by atoms with Crippen LogP contribution in [0.3, 0.4) is 0 Å². The van der Waals surface area contributed by atoms with E-state index in [2.05, 4.69) is 0 Å². The number of cyclic esters (lactones) is 1. The van der Waals surface area contributed by atoms with E-state index in [4.69, 9.17) is 4.74 Å². The van der Waals surface area contributed by atoms with E-state index in [1.165, 1.54) is 0 Å². The maximum absolute atomic E-state index is 11.7. The zero-order chi connectivity index (χ0) is 11.7. The molecule has 1 aromatic rings. The molecule has 0 aliphatic carbocycles. The molecule has 0 spiro atoms. The highest BCUT2D eigenvalue weighted by Gasteiger charge is 2.29. The zero-order valence-corrected chi connectivity index (χ0v) is 9.45. The van der Waals surface area contributed by atoms with Crippen molar-refractivity contribution in [2.24, 2.45) is 0 Å². The smallest absolute Gasteiger partial charge is 0.339 e.